The van der Waals surface area contributed by atoms with Gasteiger partial charge in [0.2, 0.25) is 0 Å². The largest absolute Gasteiger partial charge is 0.481 e. The van der Waals surface area contributed by atoms with Crippen molar-refractivity contribution in [3.05, 3.63) is 23.8 Å². The molecule has 1 saturated carbocycles. The van der Waals surface area contributed by atoms with Gasteiger partial charge >= 0.3 is 5.97 Å². The summed E-state index contributed by atoms with van der Waals surface area (Å²) in [5.41, 5.74) is 2.77. The third-order valence-corrected chi connectivity index (χ3v) is 4.25. The third-order valence-electron chi connectivity index (χ3n) is 3.89. The van der Waals surface area contributed by atoms with Crippen LogP contribution in [-0.4, -0.2) is 16.8 Å². The summed E-state index contributed by atoms with van der Waals surface area (Å²) in [4.78, 5) is 16.1. The standard InChI is InChI=1S/C16H21NO2S/c1-11(13-5-3-2-4-6-13)17-14-8-7-12(9-15(14)20)10-16(18)19/h7-9,13,20H,2-6,10H2,1H3,(H,18,19). The molecule has 1 aliphatic rings. The average molecular weight is 291 g/mol. The Morgan fingerprint density at radius 3 is 2.65 bits per heavy atom. The van der Waals surface area contributed by atoms with Crippen LogP contribution in [-0.2, 0) is 11.2 Å². The predicted octanol–water partition coefficient (Wildman–Crippen LogP) is 4.28. The van der Waals surface area contributed by atoms with Crippen molar-refractivity contribution in [3.8, 4) is 0 Å². The van der Waals surface area contributed by atoms with E-state index in [1.165, 1.54) is 37.8 Å². The van der Waals surface area contributed by atoms with E-state index in [1.54, 1.807) is 6.07 Å². The molecular weight excluding hydrogens is 270 g/mol. The summed E-state index contributed by atoms with van der Waals surface area (Å²) in [6.07, 6.45) is 6.42. The molecule has 0 aromatic heterocycles. The van der Waals surface area contributed by atoms with Gasteiger partial charge in [0.15, 0.2) is 0 Å². The van der Waals surface area contributed by atoms with Gasteiger partial charge in [-0.15, -0.1) is 12.6 Å². The Hall–Kier alpha value is -1.29. The number of carboxylic acid groups (broad SMARTS) is 1. The van der Waals surface area contributed by atoms with Crippen LogP contribution in [0.3, 0.4) is 0 Å². The van der Waals surface area contributed by atoms with Gasteiger partial charge in [-0.05, 0) is 43.4 Å². The molecule has 0 unspecified atom stereocenters. The molecule has 0 saturated heterocycles. The molecule has 4 heteroatoms. The summed E-state index contributed by atoms with van der Waals surface area (Å²) in [5, 5.41) is 8.79. The lowest BCUT2D eigenvalue weighted by Crippen LogP contribution is -2.14. The van der Waals surface area contributed by atoms with E-state index < -0.39 is 5.97 Å². The number of hydrogen-bond donors (Lipinski definition) is 2. The number of benzene rings is 1. The first-order valence-corrected chi connectivity index (χ1v) is 7.60. The molecule has 0 bridgehead atoms. The van der Waals surface area contributed by atoms with E-state index in [2.05, 4.69) is 19.6 Å². The molecule has 1 aromatic rings. The van der Waals surface area contributed by atoms with Crippen molar-refractivity contribution in [2.75, 3.05) is 0 Å². The maximum atomic E-state index is 10.7. The topological polar surface area (TPSA) is 49.7 Å². The molecule has 1 aliphatic carbocycles. The van der Waals surface area contributed by atoms with Gasteiger partial charge in [-0.3, -0.25) is 9.79 Å². The molecule has 1 aromatic carbocycles. The van der Waals surface area contributed by atoms with Crippen LogP contribution in [0.5, 0.6) is 0 Å². The lowest BCUT2D eigenvalue weighted by Gasteiger charge is -2.21. The smallest absolute Gasteiger partial charge is 0.307 e. The molecular formula is C16H21NO2S. The highest BCUT2D eigenvalue weighted by Gasteiger charge is 2.16. The Balaban J connectivity index is 2.13. The molecule has 0 radical (unpaired) electrons. The second kappa shape index (κ2) is 6.93. The van der Waals surface area contributed by atoms with E-state index in [0.717, 1.165) is 16.1 Å². The SMILES string of the molecule is CC(=Nc1ccc(CC(=O)O)cc1S)C1CCCCC1. The zero-order valence-electron chi connectivity index (χ0n) is 11.8. The molecule has 2 rings (SSSR count). The number of aliphatic carboxylic acids is 1. The van der Waals surface area contributed by atoms with E-state index in [4.69, 9.17) is 10.1 Å². The summed E-state index contributed by atoms with van der Waals surface area (Å²) >= 11 is 4.43. The normalized spacial score (nSPS) is 17.2. The molecule has 0 heterocycles. The Morgan fingerprint density at radius 2 is 2.05 bits per heavy atom. The Morgan fingerprint density at radius 1 is 1.35 bits per heavy atom. The fourth-order valence-corrected chi connectivity index (χ4v) is 3.04. The number of carboxylic acids is 1. The van der Waals surface area contributed by atoms with E-state index in [0.29, 0.717) is 5.92 Å². The van der Waals surface area contributed by atoms with E-state index >= 15 is 0 Å². The quantitative estimate of drug-likeness (QED) is 0.642. The minimum Gasteiger partial charge on any atom is -0.481 e. The number of rotatable bonds is 4. The first kappa shape index (κ1) is 15.1. The van der Waals surface area contributed by atoms with E-state index in [1.807, 2.05) is 12.1 Å². The van der Waals surface area contributed by atoms with Crippen molar-refractivity contribution in [1.82, 2.24) is 0 Å². The van der Waals surface area contributed by atoms with Crippen LogP contribution in [0.1, 0.15) is 44.6 Å². The highest BCUT2D eigenvalue weighted by Crippen LogP contribution is 2.29. The molecule has 3 nitrogen and oxygen atoms in total. The first-order valence-electron chi connectivity index (χ1n) is 7.15. The van der Waals surface area contributed by atoms with Crippen LogP contribution in [0, 0.1) is 5.92 Å². The Labute approximate surface area is 125 Å². The first-order chi connectivity index (χ1) is 9.56. The maximum absolute atomic E-state index is 10.7. The van der Waals surface area contributed by atoms with Crippen LogP contribution in [0.4, 0.5) is 5.69 Å². The Bertz CT molecular complexity index is 519. The molecule has 108 valence electrons. The summed E-state index contributed by atoms with van der Waals surface area (Å²) in [7, 11) is 0. The van der Waals surface area contributed by atoms with Crippen LogP contribution in [0.15, 0.2) is 28.1 Å². The number of hydrogen-bond acceptors (Lipinski definition) is 3. The lowest BCUT2D eigenvalue weighted by molar-refractivity contribution is -0.136. The maximum Gasteiger partial charge on any atom is 0.307 e. The van der Waals surface area contributed by atoms with Crippen molar-refractivity contribution in [2.45, 2.75) is 50.3 Å². The van der Waals surface area contributed by atoms with E-state index in [9.17, 15) is 4.79 Å². The van der Waals surface area contributed by atoms with Crippen molar-refractivity contribution in [2.24, 2.45) is 10.9 Å². The van der Waals surface area contributed by atoms with Crippen molar-refractivity contribution >= 4 is 30.0 Å². The zero-order chi connectivity index (χ0) is 14.5. The summed E-state index contributed by atoms with van der Waals surface area (Å²) in [6, 6.07) is 5.48. The number of thiol groups is 1. The number of aliphatic imine (C=N–C) groups is 1. The van der Waals surface area contributed by atoms with E-state index in [-0.39, 0.29) is 6.42 Å². The van der Waals surface area contributed by atoms with Crippen molar-refractivity contribution < 1.29 is 9.90 Å². The highest BCUT2D eigenvalue weighted by molar-refractivity contribution is 7.80. The summed E-state index contributed by atoms with van der Waals surface area (Å²) in [6.45, 7) is 2.09. The molecule has 20 heavy (non-hydrogen) atoms. The van der Waals surface area contributed by atoms with Gasteiger partial charge in [0, 0.05) is 10.6 Å². The van der Waals surface area contributed by atoms with Gasteiger partial charge in [-0.1, -0.05) is 25.3 Å². The summed E-state index contributed by atoms with van der Waals surface area (Å²) in [5.74, 6) is -0.234. The molecule has 0 aliphatic heterocycles. The summed E-state index contributed by atoms with van der Waals surface area (Å²) < 4.78 is 0. The Kier molecular flexibility index (Phi) is 5.24. The molecule has 1 fully saturated rings. The third kappa shape index (κ3) is 4.10. The van der Waals surface area contributed by atoms with Crippen LogP contribution < -0.4 is 0 Å². The van der Waals surface area contributed by atoms with Gasteiger partial charge in [-0.2, -0.15) is 0 Å². The highest BCUT2D eigenvalue weighted by atomic mass is 32.1. The monoisotopic (exact) mass is 291 g/mol. The van der Waals surface area contributed by atoms with Crippen molar-refractivity contribution in [3.63, 3.8) is 0 Å². The minimum absolute atomic E-state index is 0.0269. The van der Waals surface area contributed by atoms with Gasteiger partial charge in [-0.25, -0.2) is 0 Å². The lowest BCUT2D eigenvalue weighted by atomic mass is 9.86. The number of carbonyl (C=O) groups is 1. The fourth-order valence-electron chi connectivity index (χ4n) is 2.75. The van der Waals surface area contributed by atoms with Crippen molar-refractivity contribution in [1.29, 1.82) is 0 Å². The average Bonchev–Trinajstić information content (AvgIpc) is 2.42. The van der Waals surface area contributed by atoms with Gasteiger partial charge in [0.1, 0.15) is 0 Å². The second-order valence-electron chi connectivity index (χ2n) is 5.48. The molecule has 0 spiro atoms. The van der Waals surface area contributed by atoms with Gasteiger partial charge in [0.05, 0.1) is 12.1 Å². The zero-order valence-corrected chi connectivity index (χ0v) is 12.7. The second-order valence-corrected chi connectivity index (χ2v) is 5.96. The molecule has 1 N–H and O–H groups in total. The number of nitrogens with zero attached hydrogens (tertiary/aromatic N) is 1. The van der Waals surface area contributed by atoms with Crippen LogP contribution in [0.25, 0.3) is 0 Å². The van der Waals surface area contributed by atoms with Gasteiger partial charge < -0.3 is 5.11 Å². The van der Waals surface area contributed by atoms with Gasteiger partial charge in [0.25, 0.3) is 0 Å². The predicted molar refractivity (Wildman–Crippen MR) is 84.4 cm³/mol. The molecule has 0 atom stereocenters. The van der Waals surface area contributed by atoms with Crippen LogP contribution >= 0.6 is 12.6 Å². The molecule has 0 amide bonds. The van der Waals surface area contributed by atoms with Crippen LogP contribution in [0.2, 0.25) is 0 Å². The fraction of sp³-hybridized carbons (Fsp3) is 0.500. The minimum atomic E-state index is -0.827.